The van der Waals surface area contributed by atoms with Gasteiger partial charge in [0.05, 0.1) is 6.10 Å². The van der Waals surface area contributed by atoms with Gasteiger partial charge in [-0.3, -0.25) is 10.2 Å². The van der Waals surface area contributed by atoms with Crippen molar-refractivity contribution >= 4 is 17.7 Å². The molecule has 0 amide bonds. The van der Waals surface area contributed by atoms with E-state index in [2.05, 4.69) is 12.2 Å². The molecule has 0 aromatic rings. The molecule has 0 saturated carbocycles. The number of nitrogens with one attached hydrogen (secondary N) is 2. The van der Waals surface area contributed by atoms with Gasteiger partial charge in [0.1, 0.15) is 0 Å². The summed E-state index contributed by atoms with van der Waals surface area (Å²) in [6.07, 6.45) is 16.5. The van der Waals surface area contributed by atoms with Crippen molar-refractivity contribution in [1.29, 1.82) is 5.41 Å². The molecule has 1 rings (SSSR count). The lowest BCUT2D eigenvalue weighted by molar-refractivity contribution is -0.131. The van der Waals surface area contributed by atoms with Gasteiger partial charge in [0.25, 0.3) is 0 Å². The van der Waals surface area contributed by atoms with Gasteiger partial charge in [-0.1, -0.05) is 50.0 Å². The van der Waals surface area contributed by atoms with Crippen molar-refractivity contribution < 1.29 is 19.8 Å². The van der Waals surface area contributed by atoms with E-state index in [1.807, 2.05) is 6.08 Å². The van der Waals surface area contributed by atoms with Crippen LogP contribution in [0.15, 0.2) is 35.5 Å². The number of hydrogen-bond donors (Lipinski definition) is 6. The second-order valence-electron chi connectivity index (χ2n) is 8.19. The van der Waals surface area contributed by atoms with E-state index >= 15 is 0 Å². The molecule has 0 saturated heterocycles. The molecule has 0 aromatic heterocycles. The van der Waals surface area contributed by atoms with Crippen molar-refractivity contribution in [1.82, 2.24) is 5.32 Å². The summed E-state index contributed by atoms with van der Waals surface area (Å²) in [5.41, 5.74) is 12.4. The van der Waals surface area contributed by atoms with E-state index in [-0.39, 0.29) is 17.8 Å². The van der Waals surface area contributed by atoms with Crippen molar-refractivity contribution in [2.75, 3.05) is 13.1 Å². The fourth-order valence-corrected chi connectivity index (χ4v) is 3.50. The largest absolute Gasteiger partial charge is 0.478 e. The van der Waals surface area contributed by atoms with Gasteiger partial charge in [-0.25, -0.2) is 4.79 Å². The number of aliphatic carboxylic acids is 1. The number of allylic oxidation sites excluding steroid dienone is 5. The summed E-state index contributed by atoms with van der Waals surface area (Å²) in [5, 5.41) is 28.0. The summed E-state index contributed by atoms with van der Waals surface area (Å²) in [6, 6.07) is 0. The number of rotatable bonds is 16. The Kier molecular flexibility index (Phi) is 18.7. The van der Waals surface area contributed by atoms with Crippen LogP contribution in [0.3, 0.4) is 0 Å². The van der Waals surface area contributed by atoms with E-state index in [9.17, 15) is 14.7 Å². The predicted octanol–water partition coefficient (Wildman–Crippen LogP) is 3.55. The van der Waals surface area contributed by atoms with Crippen LogP contribution < -0.4 is 16.8 Å². The fraction of sp³-hybridized carbons (Fsp3) is 0.640. The van der Waals surface area contributed by atoms with Crippen LogP contribution >= 0.6 is 0 Å². The van der Waals surface area contributed by atoms with Crippen LogP contribution in [0.5, 0.6) is 0 Å². The van der Waals surface area contributed by atoms with Gasteiger partial charge in [0.2, 0.25) is 0 Å². The Labute approximate surface area is 198 Å². The van der Waals surface area contributed by atoms with Gasteiger partial charge in [-0.15, -0.1) is 0 Å². The van der Waals surface area contributed by atoms with Crippen LogP contribution in [0.2, 0.25) is 0 Å². The Morgan fingerprint density at radius 1 is 1.15 bits per heavy atom. The first-order chi connectivity index (χ1) is 15.8. The molecule has 0 bridgehead atoms. The molecule has 33 heavy (non-hydrogen) atoms. The van der Waals surface area contributed by atoms with Crippen molar-refractivity contribution in [3.63, 3.8) is 0 Å². The number of carbonyl (C=O) groups excluding carboxylic acids is 1. The molecular formula is C25H44N4O4. The van der Waals surface area contributed by atoms with Gasteiger partial charge in [-0.05, 0) is 63.5 Å². The Morgan fingerprint density at radius 2 is 1.91 bits per heavy atom. The maximum Gasteiger partial charge on any atom is 0.328 e. The van der Waals surface area contributed by atoms with Gasteiger partial charge in [-0.2, -0.15) is 0 Å². The van der Waals surface area contributed by atoms with E-state index < -0.39 is 5.97 Å². The second kappa shape index (κ2) is 20.2. The fourth-order valence-electron chi connectivity index (χ4n) is 3.50. The van der Waals surface area contributed by atoms with E-state index in [0.717, 1.165) is 82.4 Å². The summed E-state index contributed by atoms with van der Waals surface area (Å²) in [5.74, 6) is -0.694. The smallest absolute Gasteiger partial charge is 0.328 e. The first kappa shape index (κ1) is 30.6. The number of carbonyl (C=O) groups is 2. The van der Waals surface area contributed by atoms with Gasteiger partial charge < -0.3 is 27.0 Å². The Bertz CT molecular complexity index is 671. The molecule has 0 unspecified atom stereocenters. The summed E-state index contributed by atoms with van der Waals surface area (Å²) >= 11 is 0. The second-order valence-corrected chi connectivity index (χ2v) is 8.19. The maximum atomic E-state index is 12.0. The standard InChI is InChI=1S/C20H30O4.C5H14N4/c1-2-3-6-9-17(21)14-12-16-13-15-19(22)18(16)10-7-4-5-8-11-20(23)24;6-3-1-2-4-9-5(7)8/h4-5,8,11,17,21H,2-3,6-7,9-10,12-15H2,1H3,(H,23,24);1-4,6H2,(H4,7,8,9)/t17-;/m0./s1. The van der Waals surface area contributed by atoms with E-state index in [4.69, 9.17) is 22.0 Å². The number of unbranched alkanes of at least 4 members (excludes halogenated alkanes) is 3. The van der Waals surface area contributed by atoms with Crippen molar-refractivity contribution in [3.8, 4) is 0 Å². The highest BCUT2D eigenvalue weighted by Gasteiger charge is 2.22. The third kappa shape index (κ3) is 17.7. The number of guanidine groups is 1. The number of aliphatic hydroxyl groups excluding tert-OH is 1. The van der Waals surface area contributed by atoms with Crippen molar-refractivity contribution in [3.05, 3.63) is 35.5 Å². The van der Waals surface area contributed by atoms with Crippen LogP contribution in [0.4, 0.5) is 0 Å². The van der Waals surface area contributed by atoms with Gasteiger partial charge in [0.15, 0.2) is 11.7 Å². The number of carboxylic acids is 1. The molecule has 0 aromatic carbocycles. The Morgan fingerprint density at radius 3 is 2.55 bits per heavy atom. The van der Waals surface area contributed by atoms with E-state index in [1.54, 1.807) is 6.08 Å². The number of Topliss-reactive ketones (excluding diaryl/α,β-unsaturated/α-hetero) is 1. The van der Waals surface area contributed by atoms with Crippen LogP contribution in [0, 0.1) is 5.41 Å². The number of carboxylic acid groups (broad SMARTS) is 1. The molecule has 8 heteroatoms. The first-order valence-corrected chi connectivity index (χ1v) is 12.1. The number of ketones is 1. The number of aliphatic hydroxyl groups is 1. The summed E-state index contributed by atoms with van der Waals surface area (Å²) in [6.45, 7) is 3.62. The first-order valence-electron chi connectivity index (χ1n) is 12.1. The molecule has 0 heterocycles. The molecule has 0 fully saturated rings. The zero-order chi connectivity index (χ0) is 24.9. The molecule has 8 nitrogen and oxygen atoms in total. The zero-order valence-corrected chi connectivity index (χ0v) is 20.2. The van der Waals surface area contributed by atoms with Crippen LogP contribution in [-0.2, 0) is 9.59 Å². The third-order valence-corrected chi connectivity index (χ3v) is 5.33. The minimum atomic E-state index is -0.965. The van der Waals surface area contributed by atoms with E-state index in [0.29, 0.717) is 19.4 Å². The van der Waals surface area contributed by atoms with Gasteiger partial charge in [0, 0.05) is 19.0 Å². The molecule has 0 aliphatic heterocycles. The minimum Gasteiger partial charge on any atom is -0.478 e. The molecule has 0 spiro atoms. The SMILES string of the molecule is CCCCC[C@H](O)CCC1=C(CCC=CC=CC(=O)O)C(=O)CC1.N=C(N)NCCCCN. The quantitative estimate of drug-likeness (QED) is 0.0668. The molecule has 8 N–H and O–H groups in total. The van der Waals surface area contributed by atoms with E-state index in [1.165, 1.54) is 11.6 Å². The van der Waals surface area contributed by atoms with Gasteiger partial charge >= 0.3 is 5.97 Å². The summed E-state index contributed by atoms with van der Waals surface area (Å²) < 4.78 is 0. The maximum absolute atomic E-state index is 12.0. The minimum absolute atomic E-state index is 0.0343. The lowest BCUT2D eigenvalue weighted by atomic mass is 9.98. The summed E-state index contributed by atoms with van der Waals surface area (Å²) in [4.78, 5) is 22.4. The van der Waals surface area contributed by atoms with Crippen LogP contribution in [0.1, 0.15) is 84.0 Å². The molecule has 1 aliphatic carbocycles. The lowest BCUT2D eigenvalue weighted by Gasteiger charge is -2.11. The van der Waals surface area contributed by atoms with Crippen LogP contribution in [-0.4, -0.2) is 47.1 Å². The highest BCUT2D eigenvalue weighted by atomic mass is 16.4. The van der Waals surface area contributed by atoms with Crippen molar-refractivity contribution in [2.24, 2.45) is 11.5 Å². The topological polar surface area (TPSA) is 163 Å². The predicted molar refractivity (Wildman–Crippen MR) is 134 cm³/mol. The molecular weight excluding hydrogens is 420 g/mol. The monoisotopic (exact) mass is 464 g/mol. The molecule has 1 aliphatic rings. The Balaban J connectivity index is 0.000000960. The highest BCUT2D eigenvalue weighted by molar-refractivity contribution is 5.98. The van der Waals surface area contributed by atoms with Crippen LogP contribution in [0.25, 0.3) is 0 Å². The number of nitrogens with two attached hydrogens (primary N) is 2. The van der Waals surface area contributed by atoms with Crippen molar-refractivity contribution in [2.45, 2.75) is 90.1 Å². The Hall–Kier alpha value is -2.45. The molecule has 188 valence electrons. The summed E-state index contributed by atoms with van der Waals surface area (Å²) in [7, 11) is 0. The molecule has 0 radical (unpaired) electrons. The number of hydrogen-bond acceptors (Lipinski definition) is 5. The average molecular weight is 465 g/mol. The lowest BCUT2D eigenvalue weighted by Crippen LogP contribution is -2.31. The normalized spacial score (nSPS) is 14.6. The third-order valence-electron chi connectivity index (χ3n) is 5.33. The average Bonchev–Trinajstić information content (AvgIpc) is 3.12. The highest BCUT2D eigenvalue weighted by Crippen LogP contribution is 2.30. The molecule has 1 atom stereocenters. The zero-order valence-electron chi connectivity index (χ0n) is 20.2.